The molecule has 2 aromatic carbocycles. The van der Waals surface area contributed by atoms with E-state index in [9.17, 15) is 4.79 Å². The first-order valence-electron chi connectivity index (χ1n) is 10.8. The van der Waals surface area contributed by atoms with Crippen molar-refractivity contribution in [2.45, 2.75) is 0 Å². The van der Waals surface area contributed by atoms with Crippen molar-refractivity contribution in [2.75, 3.05) is 46.4 Å². The van der Waals surface area contributed by atoms with Crippen molar-refractivity contribution < 1.29 is 14.3 Å². The lowest BCUT2D eigenvalue weighted by Gasteiger charge is -2.34. The Balaban J connectivity index is 1.18. The third-order valence-corrected chi connectivity index (χ3v) is 5.53. The van der Waals surface area contributed by atoms with Gasteiger partial charge in [-0.15, -0.1) is 0 Å². The Morgan fingerprint density at radius 1 is 1.00 bits per heavy atom. The molecular formula is C25H28N4O3. The third kappa shape index (κ3) is 5.76. The molecule has 0 saturated carbocycles. The number of rotatable bonds is 8. The monoisotopic (exact) mass is 432 g/mol. The van der Waals surface area contributed by atoms with E-state index in [2.05, 4.69) is 9.88 Å². The van der Waals surface area contributed by atoms with Crippen LogP contribution in [0.15, 0.2) is 73.3 Å². The molecule has 7 heteroatoms. The molecule has 166 valence electrons. The number of amides is 1. The molecule has 0 N–H and O–H groups in total. The van der Waals surface area contributed by atoms with E-state index in [4.69, 9.17) is 9.47 Å². The highest BCUT2D eigenvalue weighted by Gasteiger charge is 2.19. The zero-order valence-electron chi connectivity index (χ0n) is 18.3. The molecule has 1 amide bonds. The molecule has 0 unspecified atom stereocenters. The topological polar surface area (TPSA) is 59.8 Å². The molecule has 4 rings (SSSR count). The first-order valence-corrected chi connectivity index (χ1v) is 10.8. The summed E-state index contributed by atoms with van der Waals surface area (Å²) in [6.45, 7) is 4.62. The van der Waals surface area contributed by atoms with Crippen molar-refractivity contribution in [1.29, 1.82) is 0 Å². The van der Waals surface area contributed by atoms with Crippen LogP contribution in [0.2, 0.25) is 0 Å². The molecule has 0 atom stereocenters. The molecule has 0 bridgehead atoms. The van der Waals surface area contributed by atoms with Gasteiger partial charge in [0.15, 0.2) is 0 Å². The summed E-state index contributed by atoms with van der Waals surface area (Å²) < 4.78 is 12.9. The number of hydrogen-bond acceptors (Lipinski definition) is 5. The minimum absolute atomic E-state index is 0.0535. The van der Waals surface area contributed by atoms with Crippen LogP contribution in [0.4, 0.5) is 0 Å². The Bertz CT molecular complexity index is 1010. The van der Waals surface area contributed by atoms with E-state index in [-0.39, 0.29) is 5.91 Å². The minimum atomic E-state index is 0.0535. The van der Waals surface area contributed by atoms with Crippen molar-refractivity contribution >= 4 is 12.0 Å². The van der Waals surface area contributed by atoms with Crippen LogP contribution in [0.5, 0.6) is 11.5 Å². The highest BCUT2D eigenvalue weighted by atomic mass is 16.5. The fraction of sp³-hybridized carbons (Fsp3) is 0.280. The summed E-state index contributed by atoms with van der Waals surface area (Å²) in [4.78, 5) is 20.8. The van der Waals surface area contributed by atoms with Crippen molar-refractivity contribution in [3.8, 4) is 17.2 Å². The van der Waals surface area contributed by atoms with Crippen LogP contribution < -0.4 is 9.47 Å². The number of aromatic nitrogens is 2. The molecule has 1 aliphatic heterocycles. The summed E-state index contributed by atoms with van der Waals surface area (Å²) in [5.74, 6) is 1.71. The fourth-order valence-corrected chi connectivity index (χ4v) is 3.60. The van der Waals surface area contributed by atoms with Gasteiger partial charge in [0.25, 0.3) is 0 Å². The summed E-state index contributed by atoms with van der Waals surface area (Å²) in [5, 5.41) is 0. The Labute approximate surface area is 188 Å². The van der Waals surface area contributed by atoms with E-state index in [1.54, 1.807) is 25.7 Å². The van der Waals surface area contributed by atoms with Crippen molar-refractivity contribution in [2.24, 2.45) is 0 Å². The summed E-state index contributed by atoms with van der Waals surface area (Å²) in [6, 6.07) is 15.6. The minimum Gasteiger partial charge on any atom is -0.497 e. The average molecular weight is 433 g/mol. The third-order valence-electron chi connectivity index (χ3n) is 5.53. The van der Waals surface area contributed by atoms with Gasteiger partial charge in [-0.2, -0.15) is 0 Å². The van der Waals surface area contributed by atoms with Gasteiger partial charge in [-0.3, -0.25) is 9.69 Å². The van der Waals surface area contributed by atoms with Gasteiger partial charge in [0.2, 0.25) is 5.91 Å². The molecule has 0 spiro atoms. The van der Waals surface area contributed by atoms with Crippen molar-refractivity contribution in [3.63, 3.8) is 0 Å². The van der Waals surface area contributed by atoms with Crippen LogP contribution in [-0.4, -0.2) is 71.7 Å². The summed E-state index contributed by atoms with van der Waals surface area (Å²) >= 11 is 0. The molecule has 0 aliphatic carbocycles. The Kier molecular flexibility index (Phi) is 7.19. The summed E-state index contributed by atoms with van der Waals surface area (Å²) in [7, 11) is 1.65. The van der Waals surface area contributed by atoms with E-state index in [1.807, 2.05) is 70.3 Å². The molecule has 1 aromatic heterocycles. The maximum atomic E-state index is 12.6. The molecule has 32 heavy (non-hydrogen) atoms. The average Bonchev–Trinajstić information content (AvgIpc) is 3.39. The Hall–Kier alpha value is -3.58. The predicted molar refractivity (Wildman–Crippen MR) is 124 cm³/mol. The molecule has 3 aromatic rings. The van der Waals surface area contributed by atoms with Crippen LogP contribution in [0.3, 0.4) is 0 Å². The second-order valence-electron chi connectivity index (χ2n) is 7.59. The Morgan fingerprint density at radius 2 is 1.72 bits per heavy atom. The van der Waals surface area contributed by atoms with E-state index < -0.39 is 0 Å². The zero-order valence-corrected chi connectivity index (χ0v) is 18.3. The smallest absolute Gasteiger partial charge is 0.246 e. The highest BCUT2D eigenvalue weighted by Crippen LogP contribution is 2.17. The summed E-state index contributed by atoms with van der Waals surface area (Å²) in [6.07, 6.45) is 8.95. The number of hydrogen-bond donors (Lipinski definition) is 0. The molecule has 7 nitrogen and oxygen atoms in total. The molecule has 1 saturated heterocycles. The number of methoxy groups -OCH3 is 1. The van der Waals surface area contributed by atoms with Crippen LogP contribution in [0, 0.1) is 0 Å². The van der Waals surface area contributed by atoms with E-state index in [0.29, 0.717) is 6.61 Å². The van der Waals surface area contributed by atoms with Gasteiger partial charge in [0, 0.05) is 56.9 Å². The number of ether oxygens (including phenoxy) is 2. The molecule has 2 heterocycles. The van der Waals surface area contributed by atoms with Crippen LogP contribution in [0.1, 0.15) is 5.56 Å². The van der Waals surface area contributed by atoms with Gasteiger partial charge in [0.1, 0.15) is 18.1 Å². The molecule has 1 aliphatic rings. The van der Waals surface area contributed by atoms with Crippen molar-refractivity contribution in [3.05, 3.63) is 78.9 Å². The number of piperazine rings is 1. The van der Waals surface area contributed by atoms with Gasteiger partial charge >= 0.3 is 0 Å². The molecule has 0 radical (unpaired) electrons. The van der Waals surface area contributed by atoms with E-state index in [1.165, 1.54) is 0 Å². The maximum Gasteiger partial charge on any atom is 0.246 e. The van der Waals surface area contributed by atoms with E-state index in [0.717, 1.165) is 55.5 Å². The lowest BCUT2D eigenvalue weighted by molar-refractivity contribution is -0.127. The van der Waals surface area contributed by atoms with Gasteiger partial charge < -0.3 is 18.9 Å². The maximum absolute atomic E-state index is 12.6. The first kappa shape index (κ1) is 21.6. The number of nitrogens with zero attached hydrogens (tertiary/aromatic N) is 4. The standard InChI is InChI=1S/C25H28N4O3/c1-31-23-7-9-24(10-8-23)32-19-18-27-14-16-28(17-15-27)25(30)11-4-21-2-5-22(6-3-21)29-13-12-26-20-29/h2-13,20H,14-19H2,1H3. The number of imidazole rings is 1. The Morgan fingerprint density at radius 3 is 2.38 bits per heavy atom. The number of benzene rings is 2. The van der Waals surface area contributed by atoms with Crippen molar-refractivity contribution in [1.82, 2.24) is 19.4 Å². The van der Waals surface area contributed by atoms with Gasteiger partial charge in [0.05, 0.1) is 13.4 Å². The van der Waals surface area contributed by atoms with Gasteiger partial charge in [-0.25, -0.2) is 4.98 Å². The second kappa shape index (κ2) is 10.6. The molecular weight excluding hydrogens is 404 g/mol. The fourth-order valence-electron chi connectivity index (χ4n) is 3.60. The largest absolute Gasteiger partial charge is 0.497 e. The normalized spacial score (nSPS) is 14.6. The van der Waals surface area contributed by atoms with Gasteiger partial charge in [-0.1, -0.05) is 12.1 Å². The lowest BCUT2D eigenvalue weighted by Crippen LogP contribution is -2.49. The second-order valence-corrected chi connectivity index (χ2v) is 7.59. The first-order chi connectivity index (χ1) is 15.7. The quantitative estimate of drug-likeness (QED) is 0.512. The van der Waals surface area contributed by atoms with Crippen LogP contribution >= 0.6 is 0 Å². The zero-order chi connectivity index (χ0) is 22.2. The lowest BCUT2D eigenvalue weighted by atomic mass is 10.2. The number of carbonyl (C=O) groups is 1. The number of carbonyl (C=O) groups excluding carboxylic acids is 1. The SMILES string of the molecule is COc1ccc(OCCN2CCN(C(=O)C=Cc3ccc(-n4ccnc4)cc3)CC2)cc1. The van der Waals surface area contributed by atoms with Crippen LogP contribution in [-0.2, 0) is 4.79 Å². The molecule has 1 fully saturated rings. The van der Waals surface area contributed by atoms with Crippen LogP contribution in [0.25, 0.3) is 11.8 Å². The van der Waals surface area contributed by atoms with Gasteiger partial charge in [-0.05, 0) is 48.0 Å². The summed E-state index contributed by atoms with van der Waals surface area (Å²) in [5.41, 5.74) is 2.04. The highest BCUT2D eigenvalue weighted by molar-refractivity contribution is 5.91. The predicted octanol–water partition coefficient (Wildman–Crippen LogP) is 3.12. The van der Waals surface area contributed by atoms with E-state index >= 15 is 0 Å².